The van der Waals surface area contributed by atoms with Crippen LogP contribution < -0.4 is 35.9 Å². The summed E-state index contributed by atoms with van der Waals surface area (Å²) >= 11 is 0. The van der Waals surface area contributed by atoms with Crippen LogP contribution in [0.3, 0.4) is 0 Å². The van der Waals surface area contributed by atoms with Gasteiger partial charge in [-0.25, -0.2) is 0 Å². The third-order valence-corrected chi connectivity index (χ3v) is 4.12. The molecule has 0 fully saturated rings. The van der Waals surface area contributed by atoms with Crippen LogP contribution in [-0.4, -0.2) is 51.5 Å². The second-order valence-corrected chi connectivity index (χ2v) is 5.68. The number of ether oxygens (including phenoxy) is 4. The number of benzene rings is 3. The van der Waals surface area contributed by atoms with E-state index in [1.165, 1.54) is 0 Å². The summed E-state index contributed by atoms with van der Waals surface area (Å²) in [5.41, 5.74) is 3.83. The summed E-state index contributed by atoms with van der Waals surface area (Å²) in [4.78, 5) is 0. The van der Waals surface area contributed by atoms with E-state index in [-0.39, 0.29) is 40.0 Å². The summed E-state index contributed by atoms with van der Waals surface area (Å²) in [6.07, 6.45) is 0. The molecule has 4 nitrogen and oxygen atoms in total. The summed E-state index contributed by atoms with van der Waals surface area (Å²) in [5.74, 6) is 2.95. The smallest absolute Gasteiger partial charge is 1.00 e. The molecule has 0 N–H and O–H groups in total. The molecule has 0 unspecified atom stereocenters. The fraction of sp³-hybridized carbons (Fsp3) is 0.182. The van der Waals surface area contributed by atoms with Crippen LogP contribution in [0.4, 0.5) is 0 Å². The van der Waals surface area contributed by atoms with Crippen LogP contribution in [0.5, 0.6) is 23.0 Å². The first-order chi connectivity index (χ1) is 12.7. The number of hydrogen-bond donors (Lipinski definition) is 0. The van der Waals surface area contributed by atoms with Crippen molar-refractivity contribution in [1.82, 2.24) is 0 Å². The van der Waals surface area contributed by atoms with Crippen LogP contribution in [0.25, 0.3) is 22.3 Å². The molecule has 3 aromatic carbocycles. The molecule has 28 heavy (non-hydrogen) atoms. The van der Waals surface area contributed by atoms with Crippen molar-refractivity contribution in [1.29, 1.82) is 0 Å². The van der Waals surface area contributed by atoms with Gasteiger partial charge in [-0.05, 0) is 24.3 Å². The molecule has 0 saturated heterocycles. The minimum atomic E-state index is 0. The molecule has 0 spiro atoms. The molecular weight excluding hydrogens is 432 g/mol. The van der Waals surface area contributed by atoms with E-state index in [1.807, 2.05) is 54.6 Å². The molecule has 0 aliphatic rings. The Balaban J connectivity index is 0.00000196. The van der Waals surface area contributed by atoms with Crippen molar-refractivity contribution in [2.24, 2.45) is 0 Å². The van der Waals surface area contributed by atoms with Crippen LogP contribution in [0.15, 0.2) is 54.6 Å². The summed E-state index contributed by atoms with van der Waals surface area (Å²) in [5, 5.41) is 0. The van der Waals surface area contributed by atoms with Crippen molar-refractivity contribution < 1.29 is 35.9 Å². The van der Waals surface area contributed by atoms with E-state index in [0.717, 1.165) is 45.3 Å². The average Bonchev–Trinajstić information content (AvgIpc) is 2.72. The second kappa shape index (κ2) is 11.2. The van der Waals surface area contributed by atoms with Gasteiger partial charge in [0.2, 0.25) is 0 Å². The Bertz CT molecular complexity index is 800. The van der Waals surface area contributed by atoms with Crippen LogP contribution in [-0.2, 0) is 0 Å². The van der Waals surface area contributed by atoms with Gasteiger partial charge in [-0.1, -0.05) is 11.1 Å². The molecule has 0 aromatic heterocycles. The van der Waals surface area contributed by atoms with Crippen LogP contribution in [0.1, 0.15) is 0 Å². The zero-order valence-electron chi connectivity index (χ0n) is 16.4. The molecule has 0 heterocycles. The van der Waals surface area contributed by atoms with Gasteiger partial charge in [0, 0.05) is 12.1 Å². The van der Waals surface area contributed by atoms with Crippen molar-refractivity contribution in [3.63, 3.8) is 0 Å². The van der Waals surface area contributed by atoms with Crippen molar-refractivity contribution in [2.45, 2.75) is 0 Å². The van der Waals surface area contributed by atoms with Gasteiger partial charge in [0.05, 0.1) is 28.4 Å². The molecule has 0 radical (unpaired) electrons. The molecule has 0 aliphatic heterocycles. The van der Waals surface area contributed by atoms with Crippen LogP contribution in [0.2, 0.25) is 0 Å². The predicted octanol–water partition coefficient (Wildman–Crippen LogP) is 1.48. The van der Waals surface area contributed by atoms with Gasteiger partial charge in [-0.2, -0.15) is 0 Å². The average molecular weight is 454 g/mol. The Morgan fingerprint density at radius 3 is 1.18 bits per heavy atom. The minimum Gasteiger partial charge on any atom is -1.00 e. The molecule has 0 saturated carbocycles. The van der Waals surface area contributed by atoms with Crippen molar-refractivity contribution in [3.05, 3.63) is 60.7 Å². The zero-order valence-corrected chi connectivity index (χ0v) is 19.4. The minimum absolute atomic E-state index is 0. The maximum atomic E-state index is 5.37. The topological polar surface area (TPSA) is 36.9 Å². The predicted molar refractivity (Wildman–Crippen MR) is 108 cm³/mol. The fourth-order valence-corrected chi connectivity index (χ4v) is 2.73. The third kappa shape index (κ3) is 5.56. The molecule has 0 bridgehead atoms. The SMILES string of the molecule is COc1cc(OC)cc(-c2[c-]c(-c3cc(OC)cc(OC)c3)ccc2)c1.[Br-].[Mg+2]. The monoisotopic (exact) mass is 452 g/mol. The number of hydrogen-bond acceptors (Lipinski definition) is 4. The van der Waals surface area contributed by atoms with Gasteiger partial charge < -0.3 is 35.9 Å². The van der Waals surface area contributed by atoms with Gasteiger partial charge >= 0.3 is 23.1 Å². The van der Waals surface area contributed by atoms with E-state index in [2.05, 4.69) is 6.07 Å². The summed E-state index contributed by atoms with van der Waals surface area (Å²) < 4.78 is 21.5. The van der Waals surface area contributed by atoms with E-state index < -0.39 is 0 Å². The zero-order chi connectivity index (χ0) is 18.5. The first-order valence-electron chi connectivity index (χ1n) is 8.16. The molecule has 3 rings (SSSR count). The maximum Gasteiger partial charge on any atom is 2.00 e. The van der Waals surface area contributed by atoms with E-state index in [0.29, 0.717) is 0 Å². The van der Waals surface area contributed by atoms with Crippen molar-refractivity contribution in [2.75, 3.05) is 28.4 Å². The number of rotatable bonds is 6. The molecular formula is C22H21BrMgO4. The molecule has 0 aliphatic carbocycles. The third-order valence-electron chi connectivity index (χ3n) is 4.12. The quantitative estimate of drug-likeness (QED) is 0.419. The Labute approximate surface area is 192 Å². The first-order valence-corrected chi connectivity index (χ1v) is 8.16. The van der Waals surface area contributed by atoms with Crippen molar-refractivity contribution in [3.8, 4) is 45.3 Å². The van der Waals surface area contributed by atoms with Gasteiger partial charge in [0.15, 0.2) is 0 Å². The largest absolute Gasteiger partial charge is 2.00 e. The number of halogens is 1. The Kier molecular flexibility index (Phi) is 9.65. The van der Waals surface area contributed by atoms with Gasteiger partial charge in [-0.15, -0.1) is 35.4 Å². The van der Waals surface area contributed by atoms with Crippen LogP contribution in [0, 0.1) is 6.07 Å². The number of methoxy groups -OCH3 is 4. The molecule has 142 valence electrons. The fourth-order valence-electron chi connectivity index (χ4n) is 2.73. The Hall–Kier alpha value is -1.89. The normalized spacial score (nSPS) is 9.57. The van der Waals surface area contributed by atoms with E-state index >= 15 is 0 Å². The van der Waals surface area contributed by atoms with E-state index in [1.54, 1.807) is 28.4 Å². The summed E-state index contributed by atoms with van der Waals surface area (Å²) in [6.45, 7) is 0. The molecule has 0 atom stereocenters. The summed E-state index contributed by atoms with van der Waals surface area (Å²) in [6, 6.07) is 21.0. The summed E-state index contributed by atoms with van der Waals surface area (Å²) in [7, 11) is 6.56. The Morgan fingerprint density at radius 1 is 0.571 bits per heavy atom. The molecule has 0 amide bonds. The molecule has 6 heteroatoms. The van der Waals surface area contributed by atoms with Gasteiger partial charge in [0.25, 0.3) is 0 Å². The maximum absolute atomic E-state index is 5.37. The van der Waals surface area contributed by atoms with Crippen LogP contribution >= 0.6 is 0 Å². The first kappa shape index (κ1) is 24.1. The van der Waals surface area contributed by atoms with E-state index in [4.69, 9.17) is 18.9 Å². The van der Waals surface area contributed by atoms with Gasteiger partial charge in [-0.3, -0.25) is 0 Å². The Morgan fingerprint density at radius 2 is 0.893 bits per heavy atom. The van der Waals surface area contributed by atoms with Crippen molar-refractivity contribution >= 4 is 23.1 Å². The standard InChI is InChI=1S/C22H21O4.BrH.Mg/c1-23-19-9-17(10-20(13-19)24-2)15-6-5-7-16(8-15)18-11-21(25-3)14-22(12-18)26-4;;/h5-7,9-14H,1-4H3;1H;/q-1;;+2/p-1. The van der Waals surface area contributed by atoms with E-state index in [9.17, 15) is 0 Å². The second-order valence-electron chi connectivity index (χ2n) is 5.68. The van der Waals surface area contributed by atoms with Gasteiger partial charge in [0.1, 0.15) is 23.0 Å². The molecule has 3 aromatic rings.